The van der Waals surface area contributed by atoms with Crippen LogP contribution in [0.25, 0.3) is 33.0 Å². The highest BCUT2D eigenvalue weighted by Gasteiger charge is 2.13. The van der Waals surface area contributed by atoms with E-state index >= 15 is 0 Å². The fourth-order valence-electron chi connectivity index (χ4n) is 4.41. The van der Waals surface area contributed by atoms with Crippen LogP contribution in [0.15, 0.2) is 82.8 Å². The molecule has 4 aromatic rings. The summed E-state index contributed by atoms with van der Waals surface area (Å²) in [4.78, 5) is 8.85. The summed E-state index contributed by atoms with van der Waals surface area (Å²) in [6, 6.07) is 22.7. The minimum absolute atomic E-state index is 0.0431. The van der Waals surface area contributed by atoms with Crippen LogP contribution in [0.5, 0.6) is 11.5 Å². The van der Waals surface area contributed by atoms with E-state index in [1.54, 1.807) is 24.6 Å². The van der Waals surface area contributed by atoms with Gasteiger partial charge in [0.2, 0.25) is 0 Å². The first-order valence-electron chi connectivity index (χ1n) is 13.0. The second-order valence-corrected chi connectivity index (χ2v) is 9.30. The molecule has 0 unspecified atom stereocenters. The van der Waals surface area contributed by atoms with Crippen molar-refractivity contribution in [1.29, 1.82) is 0 Å². The van der Waals surface area contributed by atoms with Gasteiger partial charge in [-0.1, -0.05) is 62.4 Å². The van der Waals surface area contributed by atoms with Crippen LogP contribution >= 0.6 is 0 Å². The topological polar surface area (TPSA) is 106 Å². The smallest absolute Gasteiger partial charge is 0.124 e. The summed E-state index contributed by atoms with van der Waals surface area (Å²) >= 11 is 0. The minimum Gasteiger partial charge on any atom is -0.507 e. The molecule has 0 heterocycles. The number of phenols is 2. The summed E-state index contributed by atoms with van der Waals surface area (Å²) in [5.41, 5.74) is 5.01. The molecule has 0 aliphatic carbocycles. The Morgan fingerprint density at radius 3 is 1.50 bits per heavy atom. The number of nitrogens with zero attached hydrogens (tertiary/aromatic N) is 2. The molecule has 0 aliphatic heterocycles. The zero-order chi connectivity index (χ0) is 27.1. The van der Waals surface area contributed by atoms with Crippen LogP contribution in [0, 0.1) is 0 Å². The number of benzene rings is 4. The molecular formula is C32H34N2O4. The molecule has 0 bridgehead atoms. The number of aliphatic imine (C=N–C) groups is 2. The van der Waals surface area contributed by atoms with E-state index in [2.05, 4.69) is 34.3 Å². The molecule has 0 radical (unpaired) electrons. The maximum Gasteiger partial charge on any atom is 0.124 e. The summed E-state index contributed by atoms with van der Waals surface area (Å²) < 4.78 is 0. The quantitative estimate of drug-likeness (QED) is 0.197. The van der Waals surface area contributed by atoms with Crippen LogP contribution in [-0.4, -0.2) is 58.2 Å². The molecular weight excluding hydrogens is 476 g/mol. The number of hydrogen-bond acceptors (Lipinski definition) is 6. The van der Waals surface area contributed by atoms with Crippen LogP contribution in [0.4, 0.5) is 0 Å². The van der Waals surface area contributed by atoms with Gasteiger partial charge in [-0.2, -0.15) is 0 Å². The Morgan fingerprint density at radius 2 is 1.11 bits per heavy atom. The lowest BCUT2D eigenvalue weighted by Crippen LogP contribution is -2.08. The van der Waals surface area contributed by atoms with E-state index in [-0.39, 0.29) is 36.8 Å². The summed E-state index contributed by atoms with van der Waals surface area (Å²) in [6.07, 6.45) is 4.66. The number of aliphatic hydroxyl groups excluding tert-OH is 2. The second-order valence-electron chi connectivity index (χ2n) is 9.30. The molecule has 4 aromatic carbocycles. The molecule has 4 rings (SSSR count). The monoisotopic (exact) mass is 510 g/mol. The van der Waals surface area contributed by atoms with Gasteiger partial charge in [-0.15, -0.1) is 0 Å². The maximum atomic E-state index is 10.5. The van der Waals surface area contributed by atoms with Gasteiger partial charge in [0.1, 0.15) is 11.5 Å². The van der Waals surface area contributed by atoms with E-state index in [1.165, 1.54) is 0 Å². The molecule has 0 aliphatic rings. The molecule has 196 valence electrons. The lowest BCUT2D eigenvalue weighted by atomic mass is 9.90. The number of phenolic OH excluding ortho intramolecular Hbond substituents is 2. The first kappa shape index (κ1) is 27.0. The molecule has 0 spiro atoms. The third kappa shape index (κ3) is 5.93. The normalized spacial score (nSPS) is 13.5. The highest BCUT2D eigenvalue weighted by atomic mass is 16.3. The van der Waals surface area contributed by atoms with Gasteiger partial charge < -0.3 is 20.4 Å². The van der Waals surface area contributed by atoms with Gasteiger partial charge in [0.05, 0.1) is 25.3 Å². The van der Waals surface area contributed by atoms with Gasteiger partial charge in [-0.05, 0) is 70.1 Å². The van der Waals surface area contributed by atoms with Gasteiger partial charge in [0, 0.05) is 23.6 Å². The summed E-state index contributed by atoms with van der Waals surface area (Å²) in [5.74, 6) is 0.253. The molecule has 0 fully saturated rings. The van der Waals surface area contributed by atoms with Gasteiger partial charge in [0.15, 0.2) is 0 Å². The molecule has 38 heavy (non-hydrogen) atoms. The van der Waals surface area contributed by atoms with Crippen molar-refractivity contribution in [2.45, 2.75) is 38.8 Å². The Kier molecular flexibility index (Phi) is 8.89. The van der Waals surface area contributed by atoms with Crippen molar-refractivity contribution in [1.82, 2.24) is 0 Å². The largest absolute Gasteiger partial charge is 0.507 e. The van der Waals surface area contributed by atoms with Crippen LogP contribution in [0.1, 0.15) is 37.8 Å². The van der Waals surface area contributed by atoms with Crippen LogP contribution in [0.3, 0.4) is 0 Å². The average molecular weight is 511 g/mol. The van der Waals surface area contributed by atoms with Crippen molar-refractivity contribution >= 4 is 23.2 Å². The number of aromatic hydroxyl groups is 2. The van der Waals surface area contributed by atoms with E-state index < -0.39 is 0 Å². The summed E-state index contributed by atoms with van der Waals surface area (Å²) in [5, 5.41) is 42.0. The number of rotatable bonds is 10. The molecule has 6 nitrogen and oxygen atoms in total. The third-order valence-corrected chi connectivity index (χ3v) is 6.79. The first-order chi connectivity index (χ1) is 18.5. The lowest BCUT2D eigenvalue weighted by Gasteiger charge is -2.14. The Morgan fingerprint density at radius 1 is 0.658 bits per heavy atom. The van der Waals surface area contributed by atoms with E-state index in [4.69, 9.17) is 0 Å². The molecule has 0 amide bonds. The van der Waals surface area contributed by atoms with Crippen molar-refractivity contribution in [3.63, 3.8) is 0 Å². The predicted molar refractivity (Wildman–Crippen MR) is 156 cm³/mol. The average Bonchev–Trinajstić information content (AvgIpc) is 2.95. The van der Waals surface area contributed by atoms with Gasteiger partial charge >= 0.3 is 0 Å². The van der Waals surface area contributed by atoms with Gasteiger partial charge in [-0.25, -0.2) is 0 Å². The summed E-state index contributed by atoms with van der Waals surface area (Å²) in [6.45, 7) is 3.83. The standard InChI is InChI=1S/C32H34N2O4/c1-3-26(19-35)33-17-24-15-22(11-13-30(24)37)28-9-5-7-21-8-6-10-29(32(21)28)23-12-14-31(38)25(16-23)18-34-27(4-2)20-36/h5-18,26-27,35-38H,3-4,19-20H2,1-2H3/t26-,27-/m0/s1. The third-order valence-electron chi connectivity index (χ3n) is 6.79. The van der Waals surface area contributed by atoms with Crippen LogP contribution < -0.4 is 0 Å². The molecule has 4 N–H and O–H groups in total. The Balaban J connectivity index is 1.84. The maximum absolute atomic E-state index is 10.5. The van der Waals surface area contributed by atoms with Crippen molar-refractivity contribution in [2.24, 2.45) is 9.98 Å². The van der Waals surface area contributed by atoms with Gasteiger partial charge in [-0.3, -0.25) is 9.98 Å². The molecule has 0 saturated carbocycles. The Hall–Kier alpha value is -4.00. The van der Waals surface area contributed by atoms with Crippen molar-refractivity contribution in [3.8, 4) is 33.8 Å². The lowest BCUT2D eigenvalue weighted by molar-refractivity contribution is 0.264. The summed E-state index contributed by atoms with van der Waals surface area (Å²) in [7, 11) is 0. The van der Waals surface area contributed by atoms with Crippen LogP contribution in [-0.2, 0) is 0 Å². The fraction of sp³-hybridized carbons (Fsp3) is 0.250. The first-order valence-corrected chi connectivity index (χ1v) is 13.0. The zero-order valence-corrected chi connectivity index (χ0v) is 21.7. The highest BCUT2D eigenvalue weighted by Crippen LogP contribution is 2.38. The number of fused-ring (bicyclic) bond motifs is 1. The molecule has 0 saturated heterocycles. The Bertz CT molecular complexity index is 1350. The highest BCUT2D eigenvalue weighted by molar-refractivity contribution is 6.07. The zero-order valence-electron chi connectivity index (χ0n) is 21.7. The molecule has 2 atom stereocenters. The predicted octanol–water partition coefficient (Wildman–Crippen LogP) is 5.96. The van der Waals surface area contributed by atoms with E-state index in [0.29, 0.717) is 24.0 Å². The number of aliphatic hydroxyl groups is 2. The van der Waals surface area contributed by atoms with Crippen molar-refractivity contribution in [2.75, 3.05) is 13.2 Å². The minimum atomic E-state index is -0.209. The number of hydrogen-bond donors (Lipinski definition) is 4. The van der Waals surface area contributed by atoms with E-state index in [9.17, 15) is 20.4 Å². The van der Waals surface area contributed by atoms with Crippen molar-refractivity contribution in [3.05, 3.63) is 83.9 Å². The molecule has 6 heteroatoms. The SMILES string of the molecule is CC[C@@H](CO)N=Cc1cc(-c2cccc3cccc(-c4ccc(O)c(C=N[C@@H](CC)CO)c4)c23)ccc1O. The second kappa shape index (κ2) is 12.5. The van der Waals surface area contributed by atoms with E-state index in [1.807, 2.05) is 50.2 Å². The van der Waals surface area contributed by atoms with Crippen molar-refractivity contribution < 1.29 is 20.4 Å². The fourth-order valence-corrected chi connectivity index (χ4v) is 4.41. The van der Waals surface area contributed by atoms with Crippen LogP contribution in [0.2, 0.25) is 0 Å². The Labute approximate surface area is 223 Å². The van der Waals surface area contributed by atoms with E-state index in [0.717, 1.165) is 33.0 Å². The van der Waals surface area contributed by atoms with Gasteiger partial charge in [0.25, 0.3) is 0 Å². The molecule has 0 aromatic heterocycles.